The van der Waals surface area contributed by atoms with Crippen LogP contribution in [0.5, 0.6) is 0 Å². The van der Waals surface area contributed by atoms with Crippen molar-refractivity contribution >= 4 is 23.2 Å². The highest BCUT2D eigenvalue weighted by Gasteiger charge is 2.19. The first kappa shape index (κ1) is 22.8. The van der Waals surface area contributed by atoms with E-state index in [1.807, 2.05) is 48.3 Å². The van der Waals surface area contributed by atoms with E-state index in [0.29, 0.717) is 6.54 Å². The highest BCUT2D eigenvalue weighted by Crippen LogP contribution is 2.23. The number of nitrogens with one attached hydrogen (secondary N) is 2. The summed E-state index contributed by atoms with van der Waals surface area (Å²) in [6.45, 7) is 3.71. The largest absolute Gasteiger partial charge is 0.337 e. The molecule has 6 nitrogen and oxygen atoms in total. The molecule has 1 aliphatic rings. The molecular formula is C27H33N5O. The van der Waals surface area contributed by atoms with Gasteiger partial charge in [0.2, 0.25) is 0 Å². The Bertz CT molecular complexity index is 1000. The summed E-state index contributed by atoms with van der Waals surface area (Å²) >= 11 is 0. The normalized spacial score (nSPS) is 14.6. The summed E-state index contributed by atoms with van der Waals surface area (Å²) < 4.78 is 0. The lowest BCUT2D eigenvalue weighted by Crippen LogP contribution is -2.40. The van der Waals surface area contributed by atoms with Gasteiger partial charge in [0.25, 0.3) is 0 Å². The van der Waals surface area contributed by atoms with Gasteiger partial charge in [0.1, 0.15) is 5.82 Å². The minimum absolute atomic E-state index is 0.187. The van der Waals surface area contributed by atoms with Crippen LogP contribution >= 0.6 is 0 Å². The van der Waals surface area contributed by atoms with Gasteiger partial charge in [-0.1, -0.05) is 48.5 Å². The summed E-state index contributed by atoms with van der Waals surface area (Å²) in [5.41, 5.74) is 3.20. The minimum Gasteiger partial charge on any atom is -0.337 e. The molecule has 0 spiro atoms. The maximum Gasteiger partial charge on any atom is 0.319 e. The highest BCUT2D eigenvalue weighted by molar-refractivity contribution is 5.89. The van der Waals surface area contributed by atoms with E-state index >= 15 is 0 Å². The van der Waals surface area contributed by atoms with Gasteiger partial charge in [-0.3, -0.25) is 0 Å². The molecule has 0 saturated carbocycles. The minimum atomic E-state index is -0.187. The second-order valence-corrected chi connectivity index (χ2v) is 8.65. The number of hydrogen-bond acceptors (Lipinski definition) is 4. The van der Waals surface area contributed by atoms with Gasteiger partial charge < -0.3 is 20.4 Å². The van der Waals surface area contributed by atoms with Crippen LogP contribution in [0.25, 0.3) is 0 Å². The number of amides is 2. The Morgan fingerprint density at radius 2 is 1.73 bits per heavy atom. The third kappa shape index (κ3) is 6.80. The van der Waals surface area contributed by atoms with Gasteiger partial charge in [-0.15, -0.1) is 0 Å². The standard InChI is InChI=1S/C27H33N5O/c1-31(25-10-6-3-7-11-25)26-21-24(12-15-28-26)30-27(33)29-16-19-32-17-13-23(14-18-32)20-22-8-4-2-5-9-22/h2-12,15,21,23H,13-14,16-20H2,1H3,(H2,28,29,30,33). The predicted octanol–water partition coefficient (Wildman–Crippen LogP) is 4.93. The molecule has 1 fully saturated rings. The molecule has 2 N–H and O–H groups in total. The number of carbonyl (C=O) groups is 1. The molecule has 1 aromatic heterocycles. The van der Waals surface area contributed by atoms with Gasteiger partial charge in [0.05, 0.1) is 0 Å². The number of para-hydroxylation sites is 1. The fourth-order valence-electron chi connectivity index (χ4n) is 4.33. The third-order valence-corrected chi connectivity index (χ3v) is 6.28. The van der Waals surface area contributed by atoms with E-state index in [-0.39, 0.29) is 6.03 Å². The van der Waals surface area contributed by atoms with Crippen molar-refractivity contribution in [3.05, 3.63) is 84.6 Å². The van der Waals surface area contributed by atoms with Crippen LogP contribution in [0.3, 0.4) is 0 Å². The summed E-state index contributed by atoms with van der Waals surface area (Å²) in [6, 6.07) is 24.3. The molecule has 0 unspecified atom stereocenters. The quantitative estimate of drug-likeness (QED) is 0.518. The summed E-state index contributed by atoms with van der Waals surface area (Å²) in [5, 5.41) is 5.91. The van der Waals surface area contributed by atoms with Crippen LogP contribution in [0.15, 0.2) is 79.0 Å². The van der Waals surface area contributed by atoms with Crippen molar-refractivity contribution in [2.24, 2.45) is 5.92 Å². The topological polar surface area (TPSA) is 60.5 Å². The molecule has 2 amide bonds. The van der Waals surface area contributed by atoms with Crippen LogP contribution in [0.2, 0.25) is 0 Å². The van der Waals surface area contributed by atoms with Gasteiger partial charge in [-0.2, -0.15) is 0 Å². The zero-order valence-electron chi connectivity index (χ0n) is 19.3. The molecule has 2 heterocycles. The lowest BCUT2D eigenvalue weighted by atomic mass is 9.90. The van der Waals surface area contributed by atoms with Crippen molar-refractivity contribution in [3.8, 4) is 0 Å². The van der Waals surface area contributed by atoms with E-state index in [4.69, 9.17) is 0 Å². The first-order chi connectivity index (χ1) is 16.2. The van der Waals surface area contributed by atoms with Crippen molar-refractivity contribution in [1.82, 2.24) is 15.2 Å². The Labute approximate surface area is 196 Å². The van der Waals surface area contributed by atoms with Gasteiger partial charge >= 0.3 is 6.03 Å². The number of nitrogens with zero attached hydrogens (tertiary/aromatic N) is 3. The average Bonchev–Trinajstić information content (AvgIpc) is 2.86. The molecule has 6 heteroatoms. The van der Waals surface area contributed by atoms with Crippen molar-refractivity contribution in [1.29, 1.82) is 0 Å². The fraction of sp³-hybridized carbons (Fsp3) is 0.333. The molecule has 0 radical (unpaired) electrons. The SMILES string of the molecule is CN(c1ccccc1)c1cc(NC(=O)NCCN2CCC(Cc3ccccc3)CC2)ccn1. The number of pyridine rings is 1. The number of anilines is 3. The second kappa shape index (κ2) is 11.5. The lowest BCUT2D eigenvalue weighted by Gasteiger charge is -2.32. The average molecular weight is 444 g/mol. The van der Waals surface area contributed by atoms with E-state index in [9.17, 15) is 4.79 Å². The Morgan fingerprint density at radius 3 is 2.45 bits per heavy atom. The summed E-state index contributed by atoms with van der Waals surface area (Å²) in [5.74, 6) is 1.53. The van der Waals surface area contributed by atoms with Crippen LogP contribution in [-0.2, 0) is 6.42 Å². The smallest absolute Gasteiger partial charge is 0.319 e. The molecule has 3 aromatic rings. The predicted molar refractivity (Wildman–Crippen MR) is 135 cm³/mol. The zero-order valence-corrected chi connectivity index (χ0v) is 19.3. The number of likely N-dealkylation sites (tertiary alicyclic amines) is 1. The number of piperidine rings is 1. The maximum atomic E-state index is 12.4. The van der Waals surface area contributed by atoms with Crippen LogP contribution in [-0.4, -0.2) is 49.1 Å². The van der Waals surface area contributed by atoms with Crippen LogP contribution in [0.1, 0.15) is 18.4 Å². The number of carbonyl (C=O) groups excluding carboxylic acids is 1. The molecule has 0 atom stereocenters. The summed E-state index contributed by atoms with van der Waals surface area (Å²) in [4.78, 5) is 21.2. The van der Waals surface area contributed by atoms with Crippen molar-refractivity contribution in [3.63, 3.8) is 0 Å². The Kier molecular flexibility index (Phi) is 7.93. The van der Waals surface area contributed by atoms with Crippen molar-refractivity contribution in [2.75, 3.05) is 43.4 Å². The first-order valence-corrected chi connectivity index (χ1v) is 11.7. The fourth-order valence-corrected chi connectivity index (χ4v) is 4.33. The van der Waals surface area contributed by atoms with E-state index in [2.05, 4.69) is 50.8 Å². The van der Waals surface area contributed by atoms with Crippen molar-refractivity contribution in [2.45, 2.75) is 19.3 Å². The molecule has 1 aliphatic heterocycles. The van der Waals surface area contributed by atoms with E-state index in [0.717, 1.165) is 42.7 Å². The van der Waals surface area contributed by atoms with Crippen LogP contribution in [0, 0.1) is 5.92 Å². The number of urea groups is 1. The van der Waals surface area contributed by atoms with E-state index in [1.54, 1.807) is 12.3 Å². The monoisotopic (exact) mass is 443 g/mol. The van der Waals surface area contributed by atoms with Gasteiger partial charge in [0.15, 0.2) is 0 Å². The Balaban J connectivity index is 1.17. The second-order valence-electron chi connectivity index (χ2n) is 8.65. The number of aromatic nitrogens is 1. The molecular weight excluding hydrogens is 410 g/mol. The van der Waals surface area contributed by atoms with E-state index in [1.165, 1.54) is 24.8 Å². The highest BCUT2D eigenvalue weighted by atomic mass is 16.2. The van der Waals surface area contributed by atoms with Gasteiger partial charge in [-0.25, -0.2) is 9.78 Å². The molecule has 0 bridgehead atoms. The number of rotatable bonds is 8. The first-order valence-electron chi connectivity index (χ1n) is 11.7. The maximum absolute atomic E-state index is 12.4. The van der Waals surface area contributed by atoms with Crippen molar-refractivity contribution < 1.29 is 4.79 Å². The lowest BCUT2D eigenvalue weighted by molar-refractivity contribution is 0.184. The summed E-state index contributed by atoms with van der Waals surface area (Å²) in [7, 11) is 1.96. The molecule has 1 saturated heterocycles. The molecule has 0 aliphatic carbocycles. The van der Waals surface area contributed by atoms with Crippen LogP contribution < -0.4 is 15.5 Å². The molecule has 4 rings (SSSR count). The Hall–Kier alpha value is -3.38. The number of benzene rings is 2. The third-order valence-electron chi connectivity index (χ3n) is 6.28. The molecule has 33 heavy (non-hydrogen) atoms. The summed E-state index contributed by atoms with van der Waals surface area (Å²) in [6.07, 6.45) is 5.32. The molecule has 2 aromatic carbocycles. The van der Waals surface area contributed by atoms with Crippen LogP contribution in [0.4, 0.5) is 22.0 Å². The van der Waals surface area contributed by atoms with Gasteiger partial charge in [-0.05, 0) is 62.0 Å². The number of hydrogen-bond donors (Lipinski definition) is 2. The zero-order chi connectivity index (χ0) is 22.9. The molecule has 172 valence electrons. The van der Waals surface area contributed by atoms with Gasteiger partial charge in [0, 0.05) is 43.8 Å². The van der Waals surface area contributed by atoms with E-state index < -0.39 is 0 Å². The Morgan fingerprint density at radius 1 is 1.03 bits per heavy atom.